The van der Waals surface area contributed by atoms with Gasteiger partial charge in [-0.05, 0) is 11.4 Å². The second kappa shape index (κ2) is 6.36. The van der Waals surface area contributed by atoms with E-state index in [4.69, 9.17) is 5.11 Å². The van der Waals surface area contributed by atoms with Crippen molar-refractivity contribution >= 4 is 23.2 Å². The van der Waals surface area contributed by atoms with E-state index in [-0.39, 0.29) is 18.5 Å². The number of carboxylic acids is 1. The lowest BCUT2D eigenvalue weighted by atomic mass is 10.2. The van der Waals surface area contributed by atoms with E-state index in [0.717, 1.165) is 0 Å². The normalized spacial score (nSPS) is 12.4. The molecule has 1 atom stereocenters. The van der Waals surface area contributed by atoms with Crippen molar-refractivity contribution < 1.29 is 14.7 Å². The van der Waals surface area contributed by atoms with E-state index in [0.29, 0.717) is 4.88 Å². The average Bonchev–Trinajstić information content (AvgIpc) is 2.75. The maximum absolute atomic E-state index is 11.5. The van der Waals surface area contributed by atoms with Gasteiger partial charge in [-0.3, -0.25) is 4.79 Å². The molecule has 0 bridgehead atoms. The lowest BCUT2D eigenvalue weighted by Gasteiger charge is -2.14. The molecule has 1 aromatic rings. The van der Waals surface area contributed by atoms with Crippen LogP contribution in [0, 0.1) is 0 Å². The molecular formula is C11H16N2O3S. The van der Waals surface area contributed by atoms with Gasteiger partial charge in [-0.1, -0.05) is 19.9 Å². The smallest absolute Gasteiger partial charge is 0.331 e. The third-order valence-corrected chi connectivity index (χ3v) is 2.99. The van der Waals surface area contributed by atoms with E-state index in [9.17, 15) is 9.59 Å². The van der Waals surface area contributed by atoms with Gasteiger partial charge in [-0.15, -0.1) is 11.3 Å². The Labute approximate surface area is 104 Å². The summed E-state index contributed by atoms with van der Waals surface area (Å²) in [5.74, 6) is -1.37. The summed E-state index contributed by atoms with van der Waals surface area (Å²) in [6, 6.07) is 2.68. The van der Waals surface area contributed by atoms with Crippen LogP contribution in [-0.4, -0.2) is 29.6 Å². The van der Waals surface area contributed by atoms with Crippen LogP contribution in [0.3, 0.4) is 0 Å². The van der Waals surface area contributed by atoms with E-state index in [1.54, 1.807) is 17.5 Å². The first-order valence-electron chi connectivity index (χ1n) is 5.29. The molecule has 0 saturated heterocycles. The Morgan fingerprint density at radius 2 is 2.18 bits per heavy atom. The molecule has 1 rings (SSSR count). The van der Waals surface area contributed by atoms with Crippen molar-refractivity contribution in [2.45, 2.75) is 25.9 Å². The number of hydrogen-bond acceptors (Lipinski definition) is 4. The van der Waals surface area contributed by atoms with Crippen LogP contribution in [0.4, 0.5) is 0 Å². The molecule has 0 fully saturated rings. The summed E-state index contributed by atoms with van der Waals surface area (Å²) in [4.78, 5) is 23.2. The van der Waals surface area contributed by atoms with Crippen molar-refractivity contribution in [3.8, 4) is 0 Å². The molecule has 1 heterocycles. The fourth-order valence-electron chi connectivity index (χ4n) is 1.22. The average molecular weight is 256 g/mol. The van der Waals surface area contributed by atoms with Crippen molar-refractivity contribution in [1.82, 2.24) is 10.6 Å². The molecule has 94 valence electrons. The van der Waals surface area contributed by atoms with Gasteiger partial charge < -0.3 is 15.7 Å². The van der Waals surface area contributed by atoms with Crippen LogP contribution in [0.15, 0.2) is 17.5 Å². The summed E-state index contributed by atoms with van der Waals surface area (Å²) in [7, 11) is 0. The minimum Gasteiger partial charge on any atom is -0.479 e. The first-order chi connectivity index (χ1) is 8.00. The molecule has 1 unspecified atom stereocenters. The van der Waals surface area contributed by atoms with Crippen LogP contribution in [0.25, 0.3) is 0 Å². The summed E-state index contributed by atoms with van der Waals surface area (Å²) in [5, 5.41) is 16.2. The number of rotatable bonds is 6. The topological polar surface area (TPSA) is 78.4 Å². The van der Waals surface area contributed by atoms with Gasteiger partial charge in [0.25, 0.3) is 0 Å². The zero-order chi connectivity index (χ0) is 12.8. The van der Waals surface area contributed by atoms with Crippen LogP contribution < -0.4 is 10.6 Å². The van der Waals surface area contributed by atoms with Crippen molar-refractivity contribution in [2.75, 3.05) is 6.54 Å². The second-order valence-corrected chi connectivity index (χ2v) is 4.87. The molecule has 0 aliphatic rings. The lowest BCUT2D eigenvalue weighted by molar-refractivity contribution is -0.141. The van der Waals surface area contributed by atoms with Gasteiger partial charge >= 0.3 is 5.97 Å². The van der Waals surface area contributed by atoms with Crippen LogP contribution in [-0.2, 0) is 9.59 Å². The Bertz CT molecular complexity index is 376. The van der Waals surface area contributed by atoms with Gasteiger partial charge in [-0.25, -0.2) is 4.79 Å². The molecule has 0 aromatic carbocycles. The number of carbonyl (C=O) groups excluding carboxylic acids is 1. The fourth-order valence-corrected chi connectivity index (χ4v) is 1.99. The fraction of sp³-hybridized carbons (Fsp3) is 0.455. The predicted octanol–water partition coefficient (Wildman–Crippen LogP) is 0.988. The molecule has 0 spiro atoms. The molecule has 1 aromatic heterocycles. The number of nitrogens with one attached hydrogen (secondary N) is 2. The Balaban J connectivity index is 2.56. The SMILES string of the molecule is CC(C)NCC(=O)NC(C(=O)O)c1cccs1. The van der Waals surface area contributed by atoms with Gasteiger partial charge in [0.15, 0.2) is 6.04 Å². The number of carboxylic acid groups (broad SMARTS) is 1. The van der Waals surface area contributed by atoms with Crippen LogP contribution in [0.5, 0.6) is 0 Å². The Hall–Kier alpha value is -1.40. The molecular weight excluding hydrogens is 240 g/mol. The summed E-state index contributed by atoms with van der Waals surface area (Å²) in [6.45, 7) is 3.95. The predicted molar refractivity (Wildman–Crippen MR) is 66.0 cm³/mol. The molecule has 1 amide bonds. The summed E-state index contributed by atoms with van der Waals surface area (Å²) in [6.07, 6.45) is 0. The van der Waals surface area contributed by atoms with Crippen molar-refractivity contribution in [2.24, 2.45) is 0 Å². The van der Waals surface area contributed by atoms with Gasteiger partial charge in [0.2, 0.25) is 5.91 Å². The Kier molecular flexibility index (Phi) is 5.11. The Morgan fingerprint density at radius 3 is 2.65 bits per heavy atom. The number of hydrogen-bond donors (Lipinski definition) is 3. The maximum Gasteiger partial charge on any atom is 0.331 e. The van der Waals surface area contributed by atoms with E-state index in [2.05, 4.69) is 10.6 Å². The lowest BCUT2D eigenvalue weighted by Crippen LogP contribution is -2.40. The van der Waals surface area contributed by atoms with Crippen molar-refractivity contribution in [1.29, 1.82) is 0 Å². The number of aliphatic carboxylic acids is 1. The molecule has 5 nitrogen and oxygen atoms in total. The van der Waals surface area contributed by atoms with Gasteiger partial charge in [-0.2, -0.15) is 0 Å². The molecule has 3 N–H and O–H groups in total. The van der Waals surface area contributed by atoms with Gasteiger partial charge in [0.05, 0.1) is 6.54 Å². The minimum absolute atomic E-state index is 0.118. The molecule has 0 aliphatic carbocycles. The monoisotopic (exact) mass is 256 g/mol. The quantitative estimate of drug-likeness (QED) is 0.709. The summed E-state index contributed by atoms with van der Waals surface area (Å²) < 4.78 is 0. The van der Waals surface area contributed by atoms with Crippen LogP contribution in [0.1, 0.15) is 24.8 Å². The third kappa shape index (κ3) is 4.54. The van der Waals surface area contributed by atoms with Crippen molar-refractivity contribution in [3.05, 3.63) is 22.4 Å². The first kappa shape index (κ1) is 13.7. The third-order valence-electron chi connectivity index (χ3n) is 2.05. The number of amides is 1. The number of carbonyl (C=O) groups is 2. The highest BCUT2D eigenvalue weighted by Gasteiger charge is 2.22. The maximum atomic E-state index is 11.5. The van der Waals surface area contributed by atoms with E-state index in [1.165, 1.54) is 11.3 Å². The zero-order valence-electron chi connectivity index (χ0n) is 9.77. The summed E-state index contributed by atoms with van der Waals surface area (Å²) in [5.41, 5.74) is 0. The molecule has 6 heteroatoms. The van der Waals surface area contributed by atoms with Crippen LogP contribution >= 0.6 is 11.3 Å². The molecule has 0 saturated carbocycles. The largest absolute Gasteiger partial charge is 0.479 e. The highest BCUT2D eigenvalue weighted by molar-refractivity contribution is 7.10. The van der Waals surface area contributed by atoms with E-state index >= 15 is 0 Å². The van der Waals surface area contributed by atoms with Crippen LogP contribution in [0.2, 0.25) is 0 Å². The molecule has 0 aliphatic heterocycles. The highest BCUT2D eigenvalue weighted by atomic mass is 32.1. The molecule has 17 heavy (non-hydrogen) atoms. The van der Waals surface area contributed by atoms with Gasteiger partial charge in [0.1, 0.15) is 0 Å². The number of thiophene rings is 1. The van der Waals surface area contributed by atoms with E-state index < -0.39 is 12.0 Å². The standard InChI is InChI=1S/C11H16N2O3S/c1-7(2)12-6-9(14)13-10(11(15)16)8-4-3-5-17-8/h3-5,7,10,12H,6H2,1-2H3,(H,13,14)(H,15,16). The van der Waals surface area contributed by atoms with Gasteiger partial charge in [0, 0.05) is 10.9 Å². The summed E-state index contributed by atoms with van der Waals surface area (Å²) >= 11 is 1.31. The molecule has 0 radical (unpaired) electrons. The minimum atomic E-state index is -1.05. The zero-order valence-corrected chi connectivity index (χ0v) is 10.6. The second-order valence-electron chi connectivity index (χ2n) is 3.89. The van der Waals surface area contributed by atoms with Crippen molar-refractivity contribution in [3.63, 3.8) is 0 Å². The Morgan fingerprint density at radius 1 is 1.47 bits per heavy atom. The highest BCUT2D eigenvalue weighted by Crippen LogP contribution is 2.18. The first-order valence-corrected chi connectivity index (χ1v) is 6.17. The van der Waals surface area contributed by atoms with E-state index in [1.807, 2.05) is 13.8 Å².